The number of nitro groups is 1. The van der Waals surface area contributed by atoms with Crippen LogP contribution in [0.5, 0.6) is 0 Å². The summed E-state index contributed by atoms with van der Waals surface area (Å²) in [7, 11) is 0. The molecule has 0 bridgehead atoms. The Morgan fingerprint density at radius 2 is 1.53 bits per heavy atom. The van der Waals surface area contributed by atoms with Crippen molar-refractivity contribution < 1.29 is 9.72 Å². The molecule has 8 nitrogen and oxygen atoms in total. The molecule has 0 fully saturated rings. The summed E-state index contributed by atoms with van der Waals surface area (Å²) in [5.74, 6) is -0.312. The Morgan fingerprint density at radius 3 is 2.12 bits per heavy atom. The van der Waals surface area contributed by atoms with E-state index in [0.29, 0.717) is 16.8 Å². The average molecular weight is 426 g/mol. The zero-order valence-corrected chi connectivity index (χ0v) is 17.1. The first-order valence-corrected chi connectivity index (χ1v) is 9.76. The highest BCUT2D eigenvalue weighted by atomic mass is 16.6. The molecule has 0 unspecified atom stereocenters. The molecule has 1 amide bonds. The summed E-state index contributed by atoms with van der Waals surface area (Å²) in [6.07, 6.45) is 0. The number of carbonyl (C=O) groups is 1. The van der Waals surface area contributed by atoms with E-state index in [2.05, 4.69) is 10.4 Å². The van der Waals surface area contributed by atoms with Crippen LogP contribution in [0.2, 0.25) is 0 Å². The molecule has 0 spiro atoms. The maximum Gasteiger partial charge on any atom is 0.269 e. The normalized spacial score (nSPS) is 10.5. The second kappa shape index (κ2) is 8.65. The van der Waals surface area contributed by atoms with Crippen molar-refractivity contribution in [3.8, 4) is 16.8 Å². The van der Waals surface area contributed by atoms with E-state index in [9.17, 15) is 19.7 Å². The fourth-order valence-electron chi connectivity index (χ4n) is 3.30. The molecule has 4 aromatic rings. The number of hydrogen-bond donors (Lipinski definition) is 1. The lowest BCUT2D eigenvalue weighted by Gasteiger charge is -2.18. The number of amides is 1. The first-order chi connectivity index (χ1) is 15.5. The van der Waals surface area contributed by atoms with Crippen molar-refractivity contribution in [2.24, 2.45) is 0 Å². The van der Waals surface area contributed by atoms with E-state index in [1.165, 1.54) is 28.9 Å². The van der Waals surface area contributed by atoms with Crippen molar-refractivity contribution in [3.05, 3.63) is 117 Å². The van der Waals surface area contributed by atoms with E-state index in [-0.39, 0.29) is 28.2 Å². The Labute approximate surface area is 182 Å². The third-order valence-corrected chi connectivity index (χ3v) is 4.89. The van der Waals surface area contributed by atoms with Crippen LogP contribution in [-0.4, -0.2) is 20.6 Å². The second-order valence-corrected chi connectivity index (χ2v) is 7.01. The molecule has 32 heavy (non-hydrogen) atoms. The van der Waals surface area contributed by atoms with Crippen LogP contribution in [0.1, 0.15) is 16.1 Å². The molecule has 0 saturated heterocycles. The minimum Gasteiger partial charge on any atom is -0.306 e. The van der Waals surface area contributed by atoms with Crippen LogP contribution in [0, 0.1) is 17.0 Å². The van der Waals surface area contributed by atoms with Gasteiger partial charge in [0.1, 0.15) is 11.5 Å². The van der Waals surface area contributed by atoms with Crippen molar-refractivity contribution >= 4 is 17.4 Å². The number of para-hydroxylation sites is 1. The van der Waals surface area contributed by atoms with Gasteiger partial charge in [-0.1, -0.05) is 48.5 Å². The van der Waals surface area contributed by atoms with Gasteiger partial charge in [-0.15, -0.1) is 0 Å². The lowest BCUT2D eigenvalue weighted by molar-refractivity contribution is -0.384. The number of aromatic nitrogens is 2. The minimum atomic E-state index is -0.536. The summed E-state index contributed by atoms with van der Waals surface area (Å²) in [5.41, 5.74) is 1.66. The summed E-state index contributed by atoms with van der Waals surface area (Å²) in [5, 5.41) is 18.1. The van der Waals surface area contributed by atoms with Crippen LogP contribution in [-0.2, 0) is 0 Å². The van der Waals surface area contributed by atoms with E-state index >= 15 is 0 Å². The van der Waals surface area contributed by atoms with E-state index in [4.69, 9.17) is 0 Å². The maximum absolute atomic E-state index is 13.1. The third-order valence-electron chi connectivity index (χ3n) is 4.89. The number of nitrogens with one attached hydrogen (secondary N) is 1. The first-order valence-electron chi connectivity index (χ1n) is 9.76. The summed E-state index contributed by atoms with van der Waals surface area (Å²) >= 11 is 0. The standard InChI is InChI=1S/C24H18N4O4/c1-16-22(29)21(17-8-4-2-5-9-17)23(27(26-16)19-10-6-3-7-11-19)25-24(30)18-12-14-20(15-13-18)28(31)32/h2-15H,1H3,(H,25,30). The SMILES string of the molecule is Cc1nn(-c2ccccc2)c(NC(=O)c2ccc([N+](=O)[O-])cc2)c(-c2ccccc2)c1=O. The Kier molecular flexibility index (Phi) is 5.59. The van der Waals surface area contributed by atoms with Crippen LogP contribution in [0.3, 0.4) is 0 Å². The fraction of sp³-hybridized carbons (Fsp3) is 0.0417. The van der Waals surface area contributed by atoms with Gasteiger partial charge in [0, 0.05) is 17.7 Å². The molecule has 0 radical (unpaired) electrons. The second-order valence-electron chi connectivity index (χ2n) is 7.01. The van der Waals surface area contributed by atoms with Crippen LogP contribution in [0.15, 0.2) is 89.7 Å². The molecule has 1 heterocycles. The highest BCUT2D eigenvalue weighted by Crippen LogP contribution is 2.27. The highest BCUT2D eigenvalue weighted by Gasteiger charge is 2.21. The first kappa shape index (κ1) is 20.7. The number of rotatable bonds is 5. The molecular formula is C24H18N4O4. The molecule has 0 aliphatic carbocycles. The van der Waals surface area contributed by atoms with Crippen molar-refractivity contribution in [1.82, 2.24) is 9.78 Å². The van der Waals surface area contributed by atoms with Gasteiger partial charge in [0.25, 0.3) is 11.6 Å². The smallest absolute Gasteiger partial charge is 0.269 e. The molecule has 1 N–H and O–H groups in total. The minimum absolute atomic E-state index is 0.121. The van der Waals surface area contributed by atoms with Crippen molar-refractivity contribution in [2.75, 3.05) is 5.32 Å². The number of non-ortho nitro benzene ring substituents is 1. The lowest BCUT2D eigenvalue weighted by atomic mass is 10.0. The lowest BCUT2D eigenvalue weighted by Crippen LogP contribution is -2.24. The van der Waals surface area contributed by atoms with E-state index in [1.54, 1.807) is 31.2 Å². The number of hydrogen-bond acceptors (Lipinski definition) is 5. The van der Waals surface area contributed by atoms with E-state index in [1.807, 2.05) is 36.4 Å². The number of aryl methyl sites for hydroxylation is 1. The molecule has 0 aliphatic rings. The summed E-state index contributed by atoms with van der Waals surface area (Å²) in [6, 6.07) is 23.4. The number of anilines is 1. The van der Waals surface area contributed by atoms with Crippen LogP contribution in [0.25, 0.3) is 16.8 Å². The van der Waals surface area contributed by atoms with Crippen LogP contribution in [0.4, 0.5) is 11.5 Å². The molecule has 3 aromatic carbocycles. The summed E-state index contributed by atoms with van der Waals surface area (Å²) < 4.78 is 1.52. The average Bonchev–Trinajstić information content (AvgIpc) is 2.82. The Hall–Kier alpha value is -4.59. The van der Waals surface area contributed by atoms with Crippen molar-refractivity contribution in [2.45, 2.75) is 6.92 Å². The van der Waals surface area contributed by atoms with Crippen molar-refractivity contribution in [1.29, 1.82) is 0 Å². The predicted molar refractivity (Wildman–Crippen MR) is 121 cm³/mol. The van der Waals surface area contributed by atoms with Crippen LogP contribution < -0.4 is 10.7 Å². The van der Waals surface area contributed by atoms with Gasteiger partial charge >= 0.3 is 0 Å². The highest BCUT2D eigenvalue weighted by molar-refractivity contribution is 6.05. The van der Waals surface area contributed by atoms with Gasteiger partial charge in [0.15, 0.2) is 0 Å². The van der Waals surface area contributed by atoms with Gasteiger partial charge in [-0.25, -0.2) is 4.68 Å². The van der Waals surface area contributed by atoms with Gasteiger partial charge in [0.2, 0.25) is 5.43 Å². The van der Waals surface area contributed by atoms with Gasteiger partial charge in [-0.2, -0.15) is 5.10 Å². The Bertz CT molecular complexity index is 1350. The van der Waals surface area contributed by atoms with E-state index < -0.39 is 10.8 Å². The predicted octanol–water partition coefficient (Wildman–Crippen LogP) is 4.37. The van der Waals surface area contributed by atoms with Crippen molar-refractivity contribution in [3.63, 3.8) is 0 Å². The van der Waals surface area contributed by atoms with Crippen LogP contribution >= 0.6 is 0 Å². The number of carbonyl (C=O) groups excluding carboxylic acids is 1. The molecule has 0 atom stereocenters. The molecule has 158 valence electrons. The summed E-state index contributed by atoms with van der Waals surface area (Å²) in [6.45, 7) is 1.62. The van der Waals surface area contributed by atoms with Gasteiger partial charge in [-0.05, 0) is 36.8 Å². The zero-order valence-electron chi connectivity index (χ0n) is 17.1. The number of benzene rings is 3. The van der Waals surface area contributed by atoms with Gasteiger partial charge < -0.3 is 5.32 Å². The molecule has 8 heteroatoms. The van der Waals surface area contributed by atoms with Gasteiger partial charge in [0.05, 0.1) is 16.2 Å². The molecule has 4 rings (SSSR count). The maximum atomic E-state index is 13.1. The monoisotopic (exact) mass is 426 g/mol. The Balaban J connectivity index is 1.88. The molecular weight excluding hydrogens is 408 g/mol. The fourth-order valence-corrected chi connectivity index (χ4v) is 3.30. The zero-order chi connectivity index (χ0) is 22.7. The topological polar surface area (TPSA) is 107 Å². The molecule has 1 aromatic heterocycles. The molecule has 0 saturated carbocycles. The number of nitro benzene ring substituents is 1. The van der Waals surface area contributed by atoms with Gasteiger partial charge in [-0.3, -0.25) is 19.7 Å². The summed E-state index contributed by atoms with van der Waals surface area (Å²) in [4.78, 5) is 36.5. The Morgan fingerprint density at radius 1 is 0.938 bits per heavy atom. The largest absolute Gasteiger partial charge is 0.306 e. The number of nitrogens with zero attached hydrogens (tertiary/aromatic N) is 3. The quantitative estimate of drug-likeness (QED) is 0.377. The molecule has 0 aliphatic heterocycles. The van der Waals surface area contributed by atoms with E-state index in [0.717, 1.165) is 0 Å². The third kappa shape index (κ3) is 4.01.